The molecule has 1 N–H and O–H groups in total. The molecule has 32 heavy (non-hydrogen) atoms. The van der Waals surface area contributed by atoms with Gasteiger partial charge < -0.3 is 14.3 Å². The van der Waals surface area contributed by atoms with E-state index >= 15 is 0 Å². The van der Waals surface area contributed by atoms with Gasteiger partial charge in [-0.15, -0.1) is 0 Å². The molecule has 2 aromatic carbocycles. The maximum atomic E-state index is 12.4. The summed E-state index contributed by atoms with van der Waals surface area (Å²) in [5.74, 6) is 0. The fraction of sp³-hybridized carbons (Fsp3) is 0.333. The van der Waals surface area contributed by atoms with Crippen molar-refractivity contribution in [3.63, 3.8) is 0 Å². The van der Waals surface area contributed by atoms with E-state index in [0.717, 1.165) is 59.1 Å². The van der Waals surface area contributed by atoms with Crippen molar-refractivity contribution < 1.29 is 19.1 Å². The number of benzene rings is 2. The molecule has 3 unspecified atom stereocenters. The van der Waals surface area contributed by atoms with Crippen molar-refractivity contribution in [2.45, 2.75) is 37.0 Å². The lowest BCUT2D eigenvalue weighted by molar-refractivity contribution is -0.924. The number of carbonyl (C=O) groups is 1. The van der Waals surface area contributed by atoms with Gasteiger partial charge in [0.15, 0.2) is 11.7 Å². The molecule has 1 aliphatic heterocycles. The van der Waals surface area contributed by atoms with Crippen LogP contribution >= 0.6 is 0 Å². The molecule has 0 amide bonds. The van der Waals surface area contributed by atoms with Crippen molar-refractivity contribution >= 4 is 6.47 Å². The van der Waals surface area contributed by atoms with Crippen molar-refractivity contribution in [3.05, 3.63) is 89.7 Å². The van der Waals surface area contributed by atoms with Crippen molar-refractivity contribution in [2.75, 3.05) is 20.1 Å². The average Bonchev–Trinajstić information content (AvgIpc) is 3.34. The maximum absolute atomic E-state index is 12.4. The minimum atomic E-state index is -1.38. The third-order valence-electron chi connectivity index (χ3n) is 7.56. The van der Waals surface area contributed by atoms with Crippen molar-refractivity contribution in [1.29, 1.82) is 0 Å². The van der Waals surface area contributed by atoms with E-state index < -0.39 is 11.7 Å². The Hall–Kier alpha value is -3.02. The van der Waals surface area contributed by atoms with Crippen LogP contribution in [0, 0.1) is 0 Å². The number of rotatable bonds is 7. The molecule has 5 rings (SSSR count). The first-order chi connectivity index (χ1) is 15.6. The summed E-state index contributed by atoms with van der Waals surface area (Å²) in [6, 6.07) is 20.0. The van der Waals surface area contributed by atoms with Gasteiger partial charge in [0.05, 0.1) is 20.1 Å². The summed E-state index contributed by atoms with van der Waals surface area (Å²) in [4.78, 5) is 15.9. The first-order valence-electron chi connectivity index (χ1n) is 11.3. The van der Waals surface area contributed by atoms with Gasteiger partial charge in [-0.05, 0) is 39.9 Å². The molecule has 0 saturated carbocycles. The van der Waals surface area contributed by atoms with Gasteiger partial charge in [-0.25, -0.2) is 0 Å². The average molecular weight is 430 g/mol. The van der Waals surface area contributed by atoms with Gasteiger partial charge in [-0.2, -0.15) is 0 Å². The van der Waals surface area contributed by atoms with E-state index in [1.165, 1.54) is 5.56 Å². The third-order valence-corrected chi connectivity index (χ3v) is 7.56. The van der Waals surface area contributed by atoms with Gasteiger partial charge >= 0.3 is 0 Å². The fourth-order valence-corrected chi connectivity index (χ4v) is 5.91. The molecule has 0 radical (unpaired) electrons. The summed E-state index contributed by atoms with van der Waals surface area (Å²) in [5, 5.41) is 12.4. The summed E-state index contributed by atoms with van der Waals surface area (Å²) in [6.45, 7) is 2.42. The standard InChI is InChI=1S/C27H29N2O3/c1-29(18-14-20-12-15-28-16-13-20)17-6-11-25(29)26(32-19-30)27(31)23-9-4-2-7-21(23)22-8-3-5-10-24(22)27/h2-5,7-10,12-13,15-16,19,25-26,31H,6,11,14,17-18H2,1H3/q+1. The van der Waals surface area contributed by atoms with E-state index in [0.29, 0.717) is 6.47 Å². The number of aliphatic hydroxyl groups is 1. The van der Waals surface area contributed by atoms with Gasteiger partial charge in [0.25, 0.3) is 6.47 Å². The van der Waals surface area contributed by atoms with Crippen LogP contribution in [0.2, 0.25) is 0 Å². The predicted octanol–water partition coefficient (Wildman–Crippen LogP) is 3.69. The number of hydrogen-bond donors (Lipinski definition) is 1. The highest BCUT2D eigenvalue weighted by molar-refractivity contribution is 5.80. The molecule has 5 heteroatoms. The first-order valence-corrected chi connectivity index (χ1v) is 11.3. The lowest BCUT2D eigenvalue weighted by Crippen LogP contribution is -2.60. The molecule has 3 aromatic rings. The number of pyridine rings is 1. The topological polar surface area (TPSA) is 59.4 Å². The second-order valence-corrected chi connectivity index (χ2v) is 9.25. The molecule has 5 nitrogen and oxygen atoms in total. The van der Waals surface area contributed by atoms with Gasteiger partial charge in [0.1, 0.15) is 6.04 Å². The molecule has 0 bridgehead atoms. The summed E-state index contributed by atoms with van der Waals surface area (Å²) >= 11 is 0. The Kier molecular flexibility index (Phi) is 5.31. The molecule has 164 valence electrons. The first kappa shape index (κ1) is 20.9. The Bertz CT molecular complexity index is 1070. The maximum Gasteiger partial charge on any atom is 0.293 e. The Labute approximate surface area is 188 Å². The van der Waals surface area contributed by atoms with Crippen LogP contribution in [0.15, 0.2) is 73.1 Å². The van der Waals surface area contributed by atoms with Crippen LogP contribution in [0.1, 0.15) is 29.5 Å². The number of fused-ring (bicyclic) bond motifs is 3. The number of nitrogens with zero attached hydrogens (tertiary/aromatic N) is 2. The number of carbonyl (C=O) groups excluding carboxylic acids is 1. The van der Waals surface area contributed by atoms with Crippen molar-refractivity contribution in [1.82, 2.24) is 4.98 Å². The number of likely N-dealkylation sites (tertiary alicyclic amines) is 1. The van der Waals surface area contributed by atoms with Crippen LogP contribution < -0.4 is 0 Å². The van der Waals surface area contributed by atoms with E-state index in [1.807, 2.05) is 73.1 Å². The van der Waals surface area contributed by atoms with Crippen molar-refractivity contribution in [3.8, 4) is 11.1 Å². The summed E-state index contributed by atoms with van der Waals surface area (Å²) < 4.78 is 6.58. The molecule has 3 atom stereocenters. The van der Waals surface area contributed by atoms with Gasteiger partial charge in [0, 0.05) is 31.7 Å². The smallest absolute Gasteiger partial charge is 0.293 e. The Balaban J connectivity index is 1.55. The highest BCUT2D eigenvalue weighted by Crippen LogP contribution is 2.52. The predicted molar refractivity (Wildman–Crippen MR) is 123 cm³/mol. The quantitative estimate of drug-likeness (QED) is 0.460. The zero-order valence-electron chi connectivity index (χ0n) is 18.4. The Morgan fingerprint density at radius 3 is 2.34 bits per heavy atom. The number of quaternary nitrogens is 1. The molecule has 1 aromatic heterocycles. The van der Waals surface area contributed by atoms with Gasteiger partial charge in [-0.1, -0.05) is 48.5 Å². The minimum Gasteiger partial charge on any atom is -0.454 e. The van der Waals surface area contributed by atoms with E-state index in [2.05, 4.69) is 12.0 Å². The number of ether oxygens (including phenoxy) is 1. The van der Waals surface area contributed by atoms with E-state index in [4.69, 9.17) is 4.74 Å². The van der Waals surface area contributed by atoms with Crippen LogP contribution in [-0.2, 0) is 21.6 Å². The normalized spacial score (nSPS) is 23.9. The molecule has 1 aliphatic carbocycles. The second kappa shape index (κ2) is 8.15. The lowest BCUT2D eigenvalue weighted by atomic mass is 9.81. The van der Waals surface area contributed by atoms with Gasteiger partial charge in [-0.3, -0.25) is 9.78 Å². The number of likely N-dealkylation sites (N-methyl/N-ethyl adjacent to an activating group) is 1. The second-order valence-electron chi connectivity index (χ2n) is 9.25. The highest BCUT2D eigenvalue weighted by Gasteiger charge is 2.57. The van der Waals surface area contributed by atoms with Crippen LogP contribution in [0.25, 0.3) is 11.1 Å². The van der Waals surface area contributed by atoms with Crippen LogP contribution in [0.5, 0.6) is 0 Å². The highest BCUT2D eigenvalue weighted by atomic mass is 16.5. The molecule has 2 heterocycles. The lowest BCUT2D eigenvalue weighted by Gasteiger charge is -2.44. The van der Waals surface area contributed by atoms with Crippen LogP contribution in [-0.4, -0.2) is 53.3 Å². The Morgan fingerprint density at radius 1 is 1.09 bits per heavy atom. The van der Waals surface area contributed by atoms with Crippen molar-refractivity contribution in [2.24, 2.45) is 0 Å². The Morgan fingerprint density at radius 2 is 1.72 bits per heavy atom. The minimum absolute atomic E-state index is 0.00810. The molecule has 1 fully saturated rings. The van der Waals surface area contributed by atoms with Crippen LogP contribution in [0.3, 0.4) is 0 Å². The zero-order valence-corrected chi connectivity index (χ0v) is 18.4. The summed E-state index contributed by atoms with van der Waals surface area (Å²) in [6.07, 6.45) is 5.83. The molecule has 1 saturated heterocycles. The molecule has 2 aliphatic rings. The molecular formula is C27H29N2O3+. The largest absolute Gasteiger partial charge is 0.454 e. The molecule has 0 spiro atoms. The zero-order chi connectivity index (χ0) is 22.2. The monoisotopic (exact) mass is 429 g/mol. The molecular weight excluding hydrogens is 400 g/mol. The fourth-order valence-electron chi connectivity index (χ4n) is 5.91. The third kappa shape index (κ3) is 3.24. The SMILES string of the molecule is C[N+]1(CCc2ccncc2)CCCC1C(OC=O)C1(O)c2ccccc2-c2ccccc21. The summed E-state index contributed by atoms with van der Waals surface area (Å²) in [7, 11) is 2.23. The number of hydrogen-bond acceptors (Lipinski definition) is 4. The van der Waals surface area contributed by atoms with Gasteiger partial charge in [0.2, 0.25) is 0 Å². The summed E-state index contributed by atoms with van der Waals surface area (Å²) in [5.41, 5.74) is 3.52. The number of aromatic nitrogens is 1. The van der Waals surface area contributed by atoms with E-state index in [9.17, 15) is 9.90 Å². The van der Waals surface area contributed by atoms with E-state index in [1.54, 1.807) is 0 Å². The van der Waals surface area contributed by atoms with E-state index in [-0.39, 0.29) is 6.04 Å². The van der Waals surface area contributed by atoms with Crippen LogP contribution in [0.4, 0.5) is 0 Å².